The van der Waals surface area contributed by atoms with E-state index in [4.69, 9.17) is 0 Å². The number of Topliss-reactive ketones (excluding diaryl/α,β-unsaturated/α-hetero) is 1. The summed E-state index contributed by atoms with van der Waals surface area (Å²) in [6.07, 6.45) is 0. The van der Waals surface area contributed by atoms with Crippen molar-refractivity contribution in [3.63, 3.8) is 0 Å². The third-order valence-corrected chi connectivity index (χ3v) is 4.37. The minimum Gasteiger partial charge on any atom is -0.300 e. The van der Waals surface area contributed by atoms with E-state index < -0.39 is 5.82 Å². The van der Waals surface area contributed by atoms with E-state index in [-0.39, 0.29) is 17.3 Å². The number of halogens is 1. The summed E-state index contributed by atoms with van der Waals surface area (Å²) in [5.74, 6) is -0.695. The van der Waals surface area contributed by atoms with Crippen LogP contribution in [0, 0.1) is 11.7 Å². The van der Waals surface area contributed by atoms with Gasteiger partial charge in [-0.15, -0.1) is 0 Å². The summed E-state index contributed by atoms with van der Waals surface area (Å²) in [4.78, 5) is 17.1. The zero-order valence-electron chi connectivity index (χ0n) is 13.2. The third kappa shape index (κ3) is 3.89. The zero-order chi connectivity index (χ0) is 15.4. The van der Waals surface area contributed by atoms with Gasteiger partial charge in [0.15, 0.2) is 5.78 Å². The molecule has 21 heavy (non-hydrogen) atoms. The Bertz CT molecular complexity index is 491. The maximum Gasteiger partial charge on any atom is 0.169 e. The molecule has 3 nitrogen and oxygen atoms in total. The van der Waals surface area contributed by atoms with Gasteiger partial charge < -0.3 is 0 Å². The standard InChI is InChI=1S/C17H25FN2O/c1-4-20-10-9-19(12-14(20)3)11-13(2)17(21)15-7-5-6-8-16(15)18/h5-8,13-14H,4,9-12H2,1-3H3. The van der Waals surface area contributed by atoms with Gasteiger partial charge in [0.25, 0.3) is 0 Å². The fourth-order valence-corrected chi connectivity index (χ4v) is 3.10. The number of nitrogens with zero attached hydrogens (tertiary/aromatic N) is 2. The van der Waals surface area contributed by atoms with Crippen molar-refractivity contribution < 1.29 is 9.18 Å². The summed E-state index contributed by atoms with van der Waals surface area (Å²) in [6.45, 7) is 11.1. The molecule has 2 unspecified atom stereocenters. The second-order valence-electron chi connectivity index (χ2n) is 5.98. The molecule has 0 saturated carbocycles. The van der Waals surface area contributed by atoms with E-state index in [1.54, 1.807) is 18.2 Å². The average Bonchev–Trinajstić information content (AvgIpc) is 2.47. The Morgan fingerprint density at radius 2 is 2.10 bits per heavy atom. The lowest BCUT2D eigenvalue weighted by Gasteiger charge is -2.40. The van der Waals surface area contributed by atoms with E-state index in [1.165, 1.54) is 6.07 Å². The molecule has 1 heterocycles. The zero-order valence-corrected chi connectivity index (χ0v) is 13.2. The molecule has 0 N–H and O–H groups in total. The molecule has 1 aromatic carbocycles. The summed E-state index contributed by atoms with van der Waals surface area (Å²) < 4.78 is 13.7. The van der Waals surface area contributed by atoms with Gasteiger partial charge in [-0.25, -0.2) is 4.39 Å². The van der Waals surface area contributed by atoms with Crippen LogP contribution < -0.4 is 0 Å². The van der Waals surface area contributed by atoms with Crippen LogP contribution in [0.2, 0.25) is 0 Å². The van der Waals surface area contributed by atoms with Crippen molar-refractivity contribution in [3.05, 3.63) is 35.6 Å². The lowest BCUT2D eigenvalue weighted by Crippen LogP contribution is -2.52. The van der Waals surface area contributed by atoms with Crippen molar-refractivity contribution >= 4 is 5.78 Å². The first-order valence-corrected chi connectivity index (χ1v) is 7.78. The first-order valence-electron chi connectivity index (χ1n) is 7.78. The molecule has 2 atom stereocenters. The van der Waals surface area contributed by atoms with Crippen molar-refractivity contribution in [1.82, 2.24) is 9.80 Å². The molecule has 1 aliphatic heterocycles. The molecule has 1 aliphatic rings. The topological polar surface area (TPSA) is 23.6 Å². The second-order valence-corrected chi connectivity index (χ2v) is 5.98. The highest BCUT2D eigenvalue weighted by molar-refractivity contribution is 5.98. The fourth-order valence-electron chi connectivity index (χ4n) is 3.10. The van der Waals surface area contributed by atoms with Crippen LogP contribution in [0.25, 0.3) is 0 Å². The maximum absolute atomic E-state index is 13.7. The highest BCUT2D eigenvalue weighted by Gasteiger charge is 2.26. The Balaban J connectivity index is 1.94. The van der Waals surface area contributed by atoms with Gasteiger partial charge in [-0.05, 0) is 25.6 Å². The Kier molecular flexibility index (Phi) is 5.48. The van der Waals surface area contributed by atoms with Crippen molar-refractivity contribution in [2.24, 2.45) is 5.92 Å². The first kappa shape index (κ1) is 16.1. The molecule has 4 heteroatoms. The van der Waals surface area contributed by atoms with Gasteiger partial charge in [-0.1, -0.05) is 26.0 Å². The molecule has 116 valence electrons. The number of carbonyl (C=O) groups is 1. The van der Waals surface area contributed by atoms with Crippen LogP contribution in [-0.4, -0.2) is 54.3 Å². The molecule has 0 spiro atoms. The van der Waals surface area contributed by atoms with Crippen LogP contribution in [0.4, 0.5) is 4.39 Å². The minimum atomic E-state index is -0.418. The number of benzene rings is 1. The van der Waals surface area contributed by atoms with Gasteiger partial charge in [0.2, 0.25) is 0 Å². The highest BCUT2D eigenvalue weighted by Crippen LogP contribution is 2.16. The van der Waals surface area contributed by atoms with E-state index in [9.17, 15) is 9.18 Å². The van der Waals surface area contributed by atoms with Gasteiger partial charge >= 0.3 is 0 Å². The fraction of sp³-hybridized carbons (Fsp3) is 0.588. The van der Waals surface area contributed by atoms with E-state index in [1.807, 2.05) is 6.92 Å². The van der Waals surface area contributed by atoms with E-state index in [2.05, 4.69) is 23.6 Å². The van der Waals surface area contributed by atoms with Crippen LogP contribution in [0.5, 0.6) is 0 Å². The summed E-state index contributed by atoms with van der Waals surface area (Å²) in [7, 11) is 0. The molecule has 1 aromatic rings. The van der Waals surface area contributed by atoms with Gasteiger partial charge in [0.1, 0.15) is 5.82 Å². The van der Waals surface area contributed by atoms with Crippen LogP contribution in [0.15, 0.2) is 24.3 Å². The Morgan fingerprint density at radius 1 is 1.38 bits per heavy atom. The quantitative estimate of drug-likeness (QED) is 0.780. The van der Waals surface area contributed by atoms with E-state index in [0.29, 0.717) is 12.6 Å². The molecule has 1 saturated heterocycles. The molecule has 0 radical (unpaired) electrons. The minimum absolute atomic E-state index is 0.0984. The average molecular weight is 292 g/mol. The van der Waals surface area contributed by atoms with Crippen LogP contribution >= 0.6 is 0 Å². The lowest BCUT2D eigenvalue weighted by atomic mass is 9.98. The molecular weight excluding hydrogens is 267 g/mol. The van der Waals surface area contributed by atoms with E-state index >= 15 is 0 Å². The van der Waals surface area contributed by atoms with Crippen LogP contribution in [-0.2, 0) is 0 Å². The molecule has 2 rings (SSSR count). The maximum atomic E-state index is 13.7. The number of likely N-dealkylation sites (N-methyl/N-ethyl adjacent to an activating group) is 1. The molecule has 0 aliphatic carbocycles. The number of piperazine rings is 1. The SMILES string of the molecule is CCN1CCN(CC(C)C(=O)c2ccccc2F)CC1C. The summed E-state index contributed by atoms with van der Waals surface area (Å²) in [5.41, 5.74) is 0.213. The van der Waals surface area contributed by atoms with Crippen molar-refractivity contribution in [3.8, 4) is 0 Å². The molecular formula is C17H25FN2O. The Hall–Kier alpha value is -1.26. The Morgan fingerprint density at radius 3 is 2.71 bits per heavy atom. The van der Waals surface area contributed by atoms with Crippen LogP contribution in [0.1, 0.15) is 31.1 Å². The van der Waals surface area contributed by atoms with Gasteiger partial charge in [0.05, 0.1) is 5.56 Å². The number of hydrogen-bond donors (Lipinski definition) is 0. The summed E-state index contributed by atoms with van der Waals surface area (Å²) in [6, 6.07) is 6.76. The largest absolute Gasteiger partial charge is 0.300 e. The van der Waals surface area contributed by atoms with Crippen molar-refractivity contribution in [2.75, 3.05) is 32.7 Å². The first-order chi connectivity index (χ1) is 10.0. The smallest absolute Gasteiger partial charge is 0.169 e. The second kappa shape index (κ2) is 7.14. The molecule has 0 amide bonds. The normalized spacial score (nSPS) is 22.2. The molecule has 0 aromatic heterocycles. The van der Waals surface area contributed by atoms with Crippen LogP contribution in [0.3, 0.4) is 0 Å². The monoisotopic (exact) mass is 292 g/mol. The van der Waals surface area contributed by atoms with Gasteiger partial charge in [0, 0.05) is 38.1 Å². The number of ketones is 1. The predicted octanol–water partition coefficient (Wildman–Crippen LogP) is 2.67. The highest BCUT2D eigenvalue weighted by atomic mass is 19.1. The van der Waals surface area contributed by atoms with Crippen molar-refractivity contribution in [1.29, 1.82) is 0 Å². The van der Waals surface area contributed by atoms with Gasteiger partial charge in [-0.2, -0.15) is 0 Å². The van der Waals surface area contributed by atoms with E-state index in [0.717, 1.165) is 26.2 Å². The number of rotatable bonds is 5. The Labute approximate surface area is 126 Å². The predicted molar refractivity (Wildman–Crippen MR) is 83.0 cm³/mol. The lowest BCUT2D eigenvalue weighted by molar-refractivity contribution is 0.0690. The molecule has 1 fully saturated rings. The van der Waals surface area contributed by atoms with Crippen molar-refractivity contribution in [2.45, 2.75) is 26.8 Å². The number of carbonyl (C=O) groups excluding carboxylic acids is 1. The summed E-state index contributed by atoms with van der Waals surface area (Å²) in [5, 5.41) is 0. The number of hydrogen-bond acceptors (Lipinski definition) is 3. The van der Waals surface area contributed by atoms with Gasteiger partial charge in [-0.3, -0.25) is 14.6 Å². The third-order valence-electron chi connectivity index (χ3n) is 4.37. The summed E-state index contributed by atoms with van der Waals surface area (Å²) >= 11 is 0. The molecule has 0 bridgehead atoms.